The van der Waals surface area contributed by atoms with Crippen molar-refractivity contribution < 1.29 is 19.1 Å². The van der Waals surface area contributed by atoms with Gasteiger partial charge in [-0.2, -0.15) is 0 Å². The van der Waals surface area contributed by atoms with Gasteiger partial charge in [0.05, 0.1) is 5.92 Å². The average molecular weight is 322 g/mol. The van der Waals surface area contributed by atoms with E-state index in [2.05, 4.69) is 4.98 Å². The number of rotatable bonds is 3. The van der Waals surface area contributed by atoms with Crippen molar-refractivity contribution in [2.24, 2.45) is 0 Å². The first-order chi connectivity index (χ1) is 10.3. The first-order valence-corrected chi connectivity index (χ1v) is 7.53. The van der Waals surface area contributed by atoms with Gasteiger partial charge in [0.2, 0.25) is 0 Å². The van der Waals surface area contributed by atoms with Gasteiger partial charge in [-0.15, -0.1) is 0 Å². The number of nitrogens with zero attached hydrogens (tertiary/aromatic N) is 1. The Morgan fingerprint density at radius 1 is 1.04 bits per heavy atom. The van der Waals surface area contributed by atoms with Gasteiger partial charge in [-0.3, -0.25) is 4.79 Å². The molecule has 1 unspecified atom stereocenters. The zero-order chi connectivity index (χ0) is 18.0. The van der Waals surface area contributed by atoms with Gasteiger partial charge in [0, 0.05) is 5.56 Å². The molecule has 23 heavy (non-hydrogen) atoms. The minimum Gasteiger partial charge on any atom is -0.460 e. The van der Waals surface area contributed by atoms with Crippen LogP contribution in [-0.2, 0) is 14.3 Å². The van der Waals surface area contributed by atoms with Crippen molar-refractivity contribution in [3.8, 4) is 0 Å². The third-order valence-corrected chi connectivity index (χ3v) is 2.79. The van der Waals surface area contributed by atoms with E-state index in [1.807, 2.05) is 0 Å². The number of nitrogens with two attached hydrogens (primary N) is 1. The summed E-state index contributed by atoms with van der Waals surface area (Å²) in [4.78, 5) is 28.2. The Hall–Kier alpha value is -2.11. The lowest BCUT2D eigenvalue weighted by molar-refractivity contribution is -0.156. The maximum Gasteiger partial charge on any atom is 0.357 e. The lowest BCUT2D eigenvalue weighted by Gasteiger charge is -2.23. The molecule has 0 aliphatic rings. The molecule has 0 bridgehead atoms. The van der Waals surface area contributed by atoms with E-state index >= 15 is 0 Å². The van der Waals surface area contributed by atoms with Gasteiger partial charge in [-0.25, -0.2) is 9.78 Å². The molecule has 0 amide bonds. The van der Waals surface area contributed by atoms with Gasteiger partial charge >= 0.3 is 11.9 Å². The lowest BCUT2D eigenvalue weighted by Crippen LogP contribution is -2.27. The minimum absolute atomic E-state index is 0.109. The zero-order valence-corrected chi connectivity index (χ0v) is 14.9. The molecule has 0 spiro atoms. The van der Waals surface area contributed by atoms with Crippen LogP contribution in [0.2, 0.25) is 0 Å². The minimum atomic E-state index is -0.615. The average Bonchev–Trinajstić information content (AvgIpc) is 2.33. The van der Waals surface area contributed by atoms with Crippen molar-refractivity contribution in [1.82, 2.24) is 4.98 Å². The van der Waals surface area contributed by atoms with Crippen LogP contribution in [0.25, 0.3) is 0 Å². The normalized spacial score (nSPS) is 13.3. The second-order valence-corrected chi connectivity index (χ2v) is 7.43. The van der Waals surface area contributed by atoms with E-state index in [0.717, 1.165) is 0 Å². The number of hydrogen-bond acceptors (Lipinski definition) is 6. The monoisotopic (exact) mass is 322 g/mol. The number of carbonyl (C=O) groups is 2. The molecule has 0 saturated heterocycles. The van der Waals surface area contributed by atoms with Crippen LogP contribution < -0.4 is 5.73 Å². The van der Waals surface area contributed by atoms with Crippen LogP contribution in [0.1, 0.15) is 70.4 Å². The summed E-state index contributed by atoms with van der Waals surface area (Å²) < 4.78 is 10.6. The summed E-state index contributed by atoms with van der Waals surface area (Å²) in [5.41, 5.74) is 5.33. The molecule has 0 aliphatic carbocycles. The Kier molecular flexibility index (Phi) is 5.40. The largest absolute Gasteiger partial charge is 0.460 e. The molecule has 0 aromatic carbocycles. The highest BCUT2D eigenvalue weighted by atomic mass is 16.6. The number of hydrogen-bond donors (Lipinski definition) is 1. The second-order valence-electron chi connectivity index (χ2n) is 7.43. The number of esters is 2. The number of carbonyl (C=O) groups excluding carboxylic acids is 2. The maximum atomic E-state index is 12.1. The van der Waals surface area contributed by atoms with Crippen LogP contribution in [0.5, 0.6) is 0 Å². The van der Waals surface area contributed by atoms with Crippen LogP contribution >= 0.6 is 0 Å². The van der Waals surface area contributed by atoms with Gasteiger partial charge < -0.3 is 15.2 Å². The Bertz CT molecular complexity index is 598. The summed E-state index contributed by atoms with van der Waals surface area (Å²) in [6.07, 6.45) is 0. The van der Waals surface area contributed by atoms with Crippen LogP contribution in [0, 0.1) is 0 Å². The fourth-order valence-corrected chi connectivity index (χ4v) is 1.81. The highest BCUT2D eigenvalue weighted by Gasteiger charge is 2.26. The number of ether oxygens (including phenoxy) is 2. The topological polar surface area (TPSA) is 91.5 Å². The molecular weight excluding hydrogens is 296 g/mol. The van der Waals surface area contributed by atoms with Crippen LogP contribution in [0.3, 0.4) is 0 Å². The predicted octanol–water partition coefficient (Wildman–Crippen LogP) is 3.06. The number of anilines is 1. The molecule has 6 heteroatoms. The third-order valence-electron chi connectivity index (χ3n) is 2.79. The molecule has 1 aromatic rings. The molecule has 1 heterocycles. The molecule has 1 aromatic heterocycles. The summed E-state index contributed by atoms with van der Waals surface area (Å²) in [7, 11) is 0. The van der Waals surface area contributed by atoms with Gasteiger partial charge in [-0.1, -0.05) is 6.07 Å². The lowest BCUT2D eigenvalue weighted by atomic mass is 10.0. The van der Waals surface area contributed by atoms with Crippen molar-refractivity contribution in [2.75, 3.05) is 5.73 Å². The fraction of sp³-hybridized carbons (Fsp3) is 0.588. The number of pyridine rings is 1. The first kappa shape index (κ1) is 18.9. The maximum absolute atomic E-state index is 12.1. The summed E-state index contributed by atoms with van der Waals surface area (Å²) >= 11 is 0. The van der Waals surface area contributed by atoms with Gasteiger partial charge in [-0.05, 0) is 54.5 Å². The van der Waals surface area contributed by atoms with E-state index in [1.165, 1.54) is 6.07 Å². The Labute approximate surface area is 137 Å². The van der Waals surface area contributed by atoms with Crippen LogP contribution in [-0.4, -0.2) is 28.1 Å². The van der Waals surface area contributed by atoms with Crippen LogP contribution in [0.15, 0.2) is 12.1 Å². The number of nitrogen functional groups attached to an aromatic ring is 1. The summed E-state index contributed by atoms with van der Waals surface area (Å²) in [6, 6.07) is 3.11. The quantitative estimate of drug-likeness (QED) is 0.860. The first-order valence-electron chi connectivity index (χ1n) is 7.53. The van der Waals surface area contributed by atoms with Crippen molar-refractivity contribution >= 4 is 17.8 Å². The molecule has 0 saturated carbocycles. The SMILES string of the molecule is CC(C(=O)OC(C)(C)C)c1ccc(C(=O)OC(C)(C)C)nc1N. The van der Waals surface area contributed by atoms with Crippen molar-refractivity contribution in [2.45, 2.75) is 65.6 Å². The summed E-state index contributed by atoms with van der Waals surface area (Å²) in [5.74, 6) is -1.40. The third kappa shape index (κ3) is 5.88. The Morgan fingerprint density at radius 2 is 1.57 bits per heavy atom. The standard InChI is InChI=1S/C17H26N2O4/c1-10(14(20)22-16(2,3)4)11-8-9-12(19-13(11)18)15(21)23-17(5,6)7/h8-10H,1-7H3,(H2,18,19). The molecule has 1 atom stereocenters. The highest BCUT2D eigenvalue weighted by molar-refractivity contribution is 5.88. The summed E-state index contributed by atoms with van der Waals surface area (Å²) in [5, 5.41) is 0. The highest BCUT2D eigenvalue weighted by Crippen LogP contribution is 2.25. The molecule has 0 fully saturated rings. The van der Waals surface area contributed by atoms with E-state index in [4.69, 9.17) is 15.2 Å². The van der Waals surface area contributed by atoms with E-state index in [9.17, 15) is 9.59 Å². The molecule has 0 aliphatic heterocycles. The Balaban J connectivity index is 2.96. The molecule has 128 valence electrons. The van der Waals surface area contributed by atoms with Gasteiger partial charge in [0.1, 0.15) is 17.0 Å². The Morgan fingerprint density at radius 3 is 2.00 bits per heavy atom. The van der Waals surface area contributed by atoms with E-state index in [1.54, 1.807) is 54.5 Å². The molecule has 0 radical (unpaired) electrons. The zero-order valence-electron chi connectivity index (χ0n) is 14.9. The molecule has 2 N–H and O–H groups in total. The van der Waals surface area contributed by atoms with E-state index in [0.29, 0.717) is 5.56 Å². The molecule has 1 rings (SSSR count). The van der Waals surface area contributed by atoms with Crippen molar-refractivity contribution in [1.29, 1.82) is 0 Å². The van der Waals surface area contributed by atoms with Crippen molar-refractivity contribution in [3.63, 3.8) is 0 Å². The van der Waals surface area contributed by atoms with E-state index < -0.39 is 29.1 Å². The van der Waals surface area contributed by atoms with Crippen LogP contribution in [0.4, 0.5) is 5.82 Å². The fourth-order valence-electron chi connectivity index (χ4n) is 1.81. The van der Waals surface area contributed by atoms with Gasteiger partial charge in [0.15, 0.2) is 5.69 Å². The van der Waals surface area contributed by atoms with E-state index in [-0.39, 0.29) is 11.5 Å². The molecular formula is C17H26N2O4. The van der Waals surface area contributed by atoms with Gasteiger partial charge in [0.25, 0.3) is 0 Å². The smallest absolute Gasteiger partial charge is 0.357 e. The second kappa shape index (κ2) is 6.56. The van der Waals surface area contributed by atoms with Crippen molar-refractivity contribution in [3.05, 3.63) is 23.4 Å². The predicted molar refractivity (Wildman–Crippen MR) is 88.1 cm³/mol. The molecule has 6 nitrogen and oxygen atoms in total. The number of aromatic nitrogens is 1. The summed E-state index contributed by atoms with van der Waals surface area (Å²) in [6.45, 7) is 12.4.